The Balaban J connectivity index is 2.11. The highest BCUT2D eigenvalue weighted by molar-refractivity contribution is 7.08. The van der Waals surface area contributed by atoms with Crippen molar-refractivity contribution < 1.29 is 0 Å². The van der Waals surface area contributed by atoms with Gasteiger partial charge in [0.2, 0.25) is 0 Å². The van der Waals surface area contributed by atoms with Crippen LogP contribution in [0.2, 0.25) is 0 Å². The standard InChI is InChI=1S/C19H15NS/c20-19(15-9-10-21-12-15)18-16-7-3-1-5-13(16)11-14-6-2-4-8-17(14)18/h1-12,19H,20H2/t19-/m1/s1. The molecule has 1 aromatic heterocycles. The second-order valence-corrected chi connectivity index (χ2v) is 6.05. The summed E-state index contributed by atoms with van der Waals surface area (Å²) in [5, 5.41) is 9.21. The molecular weight excluding hydrogens is 274 g/mol. The van der Waals surface area contributed by atoms with E-state index in [1.54, 1.807) is 11.3 Å². The van der Waals surface area contributed by atoms with E-state index in [0.717, 1.165) is 0 Å². The lowest BCUT2D eigenvalue weighted by atomic mass is 9.90. The van der Waals surface area contributed by atoms with Crippen molar-refractivity contribution in [1.29, 1.82) is 0 Å². The van der Waals surface area contributed by atoms with E-state index in [1.165, 1.54) is 32.7 Å². The Morgan fingerprint density at radius 2 is 1.43 bits per heavy atom. The number of nitrogens with two attached hydrogens (primary N) is 1. The van der Waals surface area contributed by atoms with E-state index in [0.29, 0.717) is 0 Å². The van der Waals surface area contributed by atoms with Crippen molar-refractivity contribution in [3.8, 4) is 0 Å². The molecule has 2 N–H and O–H groups in total. The van der Waals surface area contributed by atoms with E-state index in [2.05, 4.69) is 71.4 Å². The molecule has 102 valence electrons. The molecular formula is C19H15NS. The minimum Gasteiger partial charge on any atom is -0.320 e. The predicted octanol–water partition coefficient (Wildman–Crippen LogP) is 5.10. The molecule has 4 aromatic rings. The summed E-state index contributed by atoms with van der Waals surface area (Å²) in [4.78, 5) is 0. The highest BCUT2D eigenvalue weighted by Crippen LogP contribution is 2.35. The number of benzene rings is 3. The fourth-order valence-electron chi connectivity index (χ4n) is 3.00. The minimum atomic E-state index is -0.0905. The molecule has 0 bridgehead atoms. The number of hydrogen-bond acceptors (Lipinski definition) is 2. The molecule has 0 spiro atoms. The van der Waals surface area contributed by atoms with Crippen molar-refractivity contribution >= 4 is 32.9 Å². The molecule has 0 unspecified atom stereocenters. The van der Waals surface area contributed by atoms with Crippen LogP contribution in [0.15, 0.2) is 71.4 Å². The second kappa shape index (κ2) is 4.99. The van der Waals surface area contributed by atoms with Gasteiger partial charge in [-0.15, -0.1) is 0 Å². The first-order valence-corrected chi connectivity index (χ1v) is 7.97. The maximum atomic E-state index is 6.60. The molecule has 0 saturated carbocycles. The van der Waals surface area contributed by atoms with Crippen LogP contribution in [0.3, 0.4) is 0 Å². The normalized spacial score (nSPS) is 12.8. The fraction of sp³-hybridized carbons (Fsp3) is 0.0526. The SMILES string of the molecule is N[C@H](c1ccsc1)c1c2ccccc2cc2ccccc12. The Hall–Kier alpha value is -2.16. The van der Waals surface area contributed by atoms with Gasteiger partial charge in [-0.3, -0.25) is 0 Å². The molecule has 0 aliphatic heterocycles. The number of hydrogen-bond donors (Lipinski definition) is 1. The first kappa shape index (κ1) is 12.6. The lowest BCUT2D eigenvalue weighted by Gasteiger charge is -2.17. The summed E-state index contributed by atoms with van der Waals surface area (Å²) in [6.07, 6.45) is 0. The Morgan fingerprint density at radius 1 is 0.810 bits per heavy atom. The third-order valence-electron chi connectivity index (χ3n) is 4.03. The van der Waals surface area contributed by atoms with Gasteiger partial charge >= 0.3 is 0 Å². The van der Waals surface area contributed by atoms with Gasteiger partial charge in [0.15, 0.2) is 0 Å². The molecule has 4 rings (SSSR count). The van der Waals surface area contributed by atoms with Gasteiger partial charge in [-0.05, 0) is 55.6 Å². The lowest BCUT2D eigenvalue weighted by molar-refractivity contribution is 0.895. The van der Waals surface area contributed by atoms with Crippen LogP contribution < -0.4 is 5.73 Å². The summed E-state index contributed by atoms with van der Waals surface area (Å²) >= 11 is 1.69. The number of rotatable bonds is 2. The van der Waals surface area contributed by atoms with Crippen LogP contribution in [0.4, 0.5) is 0 Å². The highest BCUT2D eigenvalue weighted by Gasteiger charge is 2.16. The van der Waals surface area contributed by atoms with Crippen LogP contribution in [0.25, 0.3) is 21.5 Å². The zero-order valence-corrected chi connectivity index (χ0v) is 12.3. The molecule has 3 aromatic carbocycles. The maximum Gasteiger partial charge on any atom is 0.0572 e. The number of fused-ring (bicyclic) bond motifs is 2. The van der Waals surface area contributed by atoms with Crippen LogP contribution in [0.5, 0.6) is 0 Å². The van der Waals surface area contributed by atoms with Gasteiger partial charge in [-0.1, -0.05) is 48.5 Å². The van der Waals surface area contributed by atoms with E-state index in [4.69, 9.17) is 5.73 Å². The monoisotopic (exact) mass is 289 g/mol. The molecule has 0 aliphatic carbocycles. The van der Waals surface area contributed by atoms with E-state index in [9.17, 15) is 0 Å². The summed E-state index contributed by atoms with van der Waals surface area (Å²) < 4.78 is 0. The average molecular weight is 289 g/mol. The Bertz CT molecular complexity index is 855. The van der Waals surface area contributed by atoms with Crippen LogP contribution in [-0.2, 0) is 0 Å². The highest BCUT2D eigenvalue weighted by atomic mass is 32.1. The molecule has 1 atom stereocenters. The zero-order valence-electron chi connectivity index (χ0n) is 11.5. The van der Waals surface area contributed by atoms with Crippen molar-refractivity contribution in [3.05, 3.63) is 82.6 Å². The Morgan fingerprint density at radius 3 is 2.00 bits per heavy atom. The van der Waals surface area contributed by atoms with Gasteiger partial charge in [0.1, 0.15) is 0 Å². The van der Waals surface area contributed by atoms with Crippen molar-refractivity contribution in [1.82, 2.24) is 0 Å². The molecule has 0 fully saturated rings. The third-order valence-corrected chi connectivity index (χ3v) is 4.73. The molecule has 21 heavy (non-hydrogen) atoms. The van der Waals surface area contributed by atoms with Gasteiger partial charge in [-0.2, -0.15) is 11.3 Å². The maximum absolute atomic E-state index is 6.60. The smallest absolute Gasteiger partial charge is 0.0572 e. The molecule has 0 saturated heterocycles. The van der Waals surface area contributed by atoms with Gasteiger partial charge in [0.25, 0.3) is 0 Å². The summed E-state index contributed by atoms with van der Waals surface area (Å²) in [6, 6.07) is 21.3. The minimum absolute atomic E-state index is 0.0905. The summed E-state index contributed by atoms with van der Waals surface area (Å²) in [6.45, 7) is 0. The summed E-state index contributed by atoms with van der Waals surface area (Å²) in [5.41, 5.74) is 9.01. The predicted molar refractivity (Wildman–Crippen MR) is 91.8 cm³/mol. The summed E-state index contributed by atoms with van der Waals surface area (Å²) in [5.74, 6) is 0. The second-order valence-electron chi connectivity index (χ2n) is 5.27. The van der Waals surface area contributed by atoms with Crippen molar-refractivity contribution in [2.45, 2.75) is 6.04 Å². The molecule has 0 aliphatic rings. The van der Waals surface area contributed by atoms with Crippen molar-refractivity contribution in [3.63, 3.8) is 0 Å². The molecule has 1 heterocycles. The fourth-order valence-corrected chi connectivity index (χ4v) is 3.70. The van der Waals surface area contributed by atoms with Crippen LogP contribution in [0, 0.1) is 0 Å². The Kier molecular flexibility index (Phi) is 2.99. The molecule has 0 amide bonds. The number of thiophene rings is 1. The first-order valence-electron chi connectivity index (χ1n) is 7.02. The van der Waals surface area contributed by atoms with Crippen molar-refractivity contribution in [2.24, 2.45) is 5.73 Å². The van der Waals surface area contributed by atoms with E-state index in [1.807, 2.05) is 0 Å². The van der Waals surface area contributed by atoms with Gasteiger partial charge in [0, 0.05) is 0 Å². The topological polar surface area (TPSA) is 26.0 Å². The van der Waals surface area contributed by atoms with Gasteiger partial charge in [0.05, 0.1) is 6.04 Å². The summed E-state index contributed by atoms with van der Waals surface area (Å²) in [7, 11) is 0. The van der Waals surface area contributed by atoms with Gasteiger partial charge in [-0.25, -0.2) is 0 Å². The first-order chi connectivity index (χ1) is 10.3. The molecule has 2 heteroatoms. The lowest BCUT2D eigenvalue weighted by Crippen LogP contribution is -2.12. The Labute approximate surface area is 127 Å². The zero-order chi connectivity index (χ0) is 14.2. The third kappa shape index (κ3) is 2.04. The van der Waals surface area contributed by atoms with E-state index >= 15 is 0 Å². The van der Waals surface area contributed by atoms with Crippen LogP contribution in [0.1, 0.15) is 17.2 Å². The average Bonchev–Trinajstić information content (AvgIpc) is 3.06. The van der Waals surface area contributed by atoms with Crippen LogP contribution in [-0.4, -0.2) is 0 Å². The van der Waals surface area contributed by atoms with Crippen molar-refractivity contribution in [2.75, 3.05) is 0 Å². The van der Waals surface area contributed by atoms with Crippen LogP contribution >= 0.6 is 11.3 Å². The molecule has 1 nitrogen and oxygen atoms in total. The largest absolute Gasteiger partial charge is 0.320 e. The molecule has 0 radical (unpaired) electrons. The van der Waals surface area contributed by atoms with Gasteiger partial charge < -0.3 is 5.73 Å². The van der Waals surface area contributed by atoms with E-state index < -0.39 is 0 Å². The van der Waals surface area contributed by atoms with E-state index in [-0.39, 0.29) is 6.04 Å². The quantitative estimate of drug-likeness (QED) is 0.510.